The van der Waals surface area contributed by atoms with Crippen LogP contribution in [0.25, 0.3) is 0 Å². The van der Waals surface area contributed by atoms with Crippen LogP contribution in [0.4, 0.5) is 0 Å². The van der Waals surface area contributed by atoms with Gasteiger partial charge in [-0.05, 0) is 47.9 Å². The van der Waals surface area contributed by atoms with Gasteiger partial charge < -0.3 is 39.6 Å². The summed E-state index contributed by atoms with van der Waals surface area (Å²) in [4.78, 5) is 41.9. The maximum atomic E-state index is 10.5. The van der Waals surface area contributed by atoms with Crippen molar-refractivity contribution in [1.82, 2.24) is 0 Å². The molecule has 9 heteroatoms. The number of aryl methyl sites for hydroxylation is 4. The molecule has 0 heterocycles. The summed E-state index contributed by atoms with van der Waals surface area (Å²) in [5.74, 6) is -4.38. The van der Waals surface area contributed by atoms with Gasteiger partial charge in [0.25, 0.3) is 0 Å². The summed E-state index contributed by atoms with van der Waals surface area (Å²) in [6.45, 7) is 7.67. The Balaban J connectivity index is 0.000000569. The first-order chi connectivity index (χ1) is 21.0. The molecule has 0 saturated heterocycles. The molecule has 4 aromatic rings. The van der Waals surface area contributed by atoms with Crippen molar-refractivity contribution in [3.8, 4) is 0 Å². The molecule has 4 radical (unpaired) electrons. The Bertz CT molecular complexity index is 1300. The molecule has 0 aliphatic heterocycles. The molecule has 0 fully saturated rings. The summed E-state index contributed by atoms with van der Waals surface area (Å²) in [6, 6.07) is 27.5. The monoisotopic (exact) mass is 804 g/mol. The normalized spacial score (nSPS) is 9.33. The summed E-state index contributed by atoms with van der Waals surface area (Å²) >= 11 is 0. The molecule has 0 spiro atoms. The summed E-state index contributed by atoms with van der Waals surface area (Å²) in [7, 11) is 0. The predicted octanol–water partition coefficient (Wildman–Crippen LogP) is 2.07. The molecular formula is C36H36O8Pb-4. The Morgan fingerprint density at radius 2 is 0.533 bits per heavy atom. The van der Waals surface area contributed by atoms with Gasteiger partial charge in [-0.2, -0.15) is 0 Å². The van der Waals surface area contributed by atoms with E-state index in [1.807, 2.05) is 52.0 Å². The van der Waals surface area contributed by atoms with Gasteiger partial charge in [-0.15, -0.1) is 0 Å². The second-order valence-corrected chi connectivity index (χ2v) is 9.19. The third-order valence-corrected chi connectivity index (χ3v) is 6.47. The number of aromatic carboxylic acids is 4. The number of carboxylic acid groups (broad SMARTS) is 4. The molecule has 0 atom stereocenters. The zero-order chi connectivity index (χ0) is 33.1. The number of carboxylic acids is 4. The molecule has 4 aromatic carbocycles. The van der Waals surface area contributed by atoms with Crippen molar-refractivity contribution in [3.05, 3.63) is 142 Å². The Morgan fingerprint density at radius 3 is 0.644 bits per heavy atom. The molecule has 0 saturated carbocycles. The zero-order valence-electron chi connectivity index (χ0n) is 25.8. The molecule has 0 unspecified atom stereocenters. The third kappa shape index (κ3) is 13.9. The first-order valence-electron chi connectivity index (χ1n) is 14.2. The molecule has 0 aliphatic carbocycles. The fourth-order valence-corrected chi connectivity index (χ4v) is 4.11. The van der Waals surface area contributed by atoms with E-state index >= 15 is 0 Å². The van der Waals surface area contributed by atoms with E-state index < -0.39 is 23.9 Å². The molecule has 8 nitrogen and oxygen atoms in total. The fraction of sp³-hybridized carbons (Fsp3) is 0.222. The third-order valence-electron chi connectivity index (χ3n) is 6.47. The molecule has 0 bridgehead atoms. The number of carbonyl (C=O) groups is 4. The van der Waals surface area contributed by atoms with E-state index in [-0.39, 0.29) is 27.3 Å². The molecule has 0 N–H and O–H groups in total. The smallest absolute Gasteiger partial charge is 0.0718 e. The van der Waals surface area contributed by atoms with Gasteiger partial charge in [0.15, 0.2) is 0 Å². The van der Waals surface area contributed by atoms with E-state index in [1.54, 1.807) is 72.8 Å². The van der Waals surface area contributed by atoms with Crippen LogP contribution < -0.4 is 20.4 Å². The summed E-state index contributed by atoms with van der Waals surface area (Å²) < 4.78 is 0. The van der Waals surface area contributed by atoms with Crippen LogP contribution in [0, 0.1) is 0 Å². The number of carbonyl (C=O) groups excluding carboxylic acids is 4. The van der Waals surface area contributed by atoms with Crippen LogP contribution in [0.2, 0.25) is 0 Å². The second-order valence-electron chi connectivity index (χ2n) is 9.19. The van der Waals surface area contributed by atoms with Crippen LogP contribution in [0.1, 0.15) is 91.4 Å². The average Bonchev–Trinajstić information content (AvgIpc) is 3.05. The van der Waals surface area contributed by atoms with Crippen LogP contribution in [0.15, 0.2) is 97.1 Å². The van der Waals surface area contributed by atoms with Crippen molar-refractivity contribution in [2.75, 3.05) is 0 Å². The quantitative estimate of drug-likeness (QED) is 0.245. The number of benzene rings is 4. The van der Waals surface area contributed by atoms with Gasteiger partial charge in [0.05, 0.1) is 23.9 Å². The molecule has 45 heavy (non-hydrogen) atoms. The van der Waals surface area contributed by atoms with E-state index in [4.69, 9.17) is 0 Å². The van der Waals surface area contributed by atoms with E-state index in [2.05, 4.69) is 0 Å². The first-order valence-corrected chi connectivity index (χ1v) is 14.2. The van der Waals surface area contributed by atoms with Crippen molar-refractivity contribution in [2.24, 2.45) is 0 Å². The van der Waals surface area contributed by atoms with Crippen molar-refractivity contribution >= 4 is 51.2 Å². The Morgan fingerprint density at radius 1 is 0.378 bits per heavy atom. The number of hydrogen-bond acceptors (Lipinski definition) is 8. The minimum absolute atomic E-state index is 0. The molecule has 0 aliphatic rings. The van der Waals surface area contributed by atoms with Gasteiger partial charge in [-0.1, -0.05) is 125 Å². The summed E-state index contributed by atoms with van der Waals surface area (Å²) in [5.41, 5.74) is 4.51. The van der Waals surface area contributed by atoms with Gasteiger partial charge >= 0.3 is 0 Å². The van der Waals surface area contributed by atoms with Crippen molar-refractivity contribution < 1.29 is 39.6 Å². The minimum Gasteiger partial charge on any atom is -0.545 e. The van der Waals surface area contributed by atoms with Gasteiger partial charge in [-0.25, -0.2) is 0 Å². The topological polar surface area (TPSA) is 161 Å². The summed E-state index contributed by atoms with van der Waals surface area (Å²) in [6.07, 6.45) is 2.91. The van der Waals surface area contributed by atoms with E-state index in [1.165, 1.54) is 0 Å². The van der Waals surface area contributed by atoms with Gasteiger partial charge in [-0.3, -0.25) is 0 Å². The van der Waals surface area contributed by atoms with Crippen LogP contribution in [-0.4, -0.2) is 51.2 Å². The molecule has 236 valence electrons. The molecule has 4 rings (SSSR count). The molecule has 0 aromatic heterocycles. The van der Waals surface area contributed by atoms with E-state index in [0.717, 1.165) is 47.9 Å². The predicted molar refractivity (Wildman–Crippen MR) is 166 cm³/mol. The van der Waals surface area contributed by atoms with Crippen molar-refractivity contribution in [2.45, 2.75) is 53.4 Å². The maximum Gasteiger partial charge on any atom is 0.0718 e. The number of hydrogen-bond donors (Lipinski definition) is 0. The van der Waals surface area contributed by atoms with E-state index in [9.17, 15) is 39.6 Å². The largest absolute Gasteiger partial charge is 0.545 e. The SMILES string of the molecule is CCc1ccccc1C(=O)[O-].CCc1ccccc1C(=O)[O-].CCc1ccccc1C(=O)[O-].CCc1ccccc1C(=O)[O-].[Pb]. The maximum absolute atomic E-state index is 10.5. The van der Waals surface area contributed by atoms with Gasteiger partial charge in [0.1, 0.15) is 0 Å². The standard InChI is InChI=1S/4C9H10O2.Pb/c4*1-2-7-5-3-4-6-8(7)9(10)11;/h4*3-6H,2H2,1H3,(H,10,11);/p-4. The van der Waals surface area contributed by atoms with Crippen LogP contribution in [0.5, 0.6) is 0 Å². The van der Waals surface area contributed by atoms with Crippen LogP contribution >= 0.6 is 0 Å². The van der Waals surface area contributed by atoms with Gasteiger partial charge in [0, 0.05) is 49.6 Å². The number of rotatable bonds is 8. The molecule has 0 amide bonds. The van der Waals surface area contributed by atoms with E-state index in [0.29, 0.717) is 22.3 Å². The Labute approximate surface area is 284 Å². The second kappa shape index (κ2) is 22.2. The van der Waals surface area contributed by atoms with Crippen LogP contribution in [-0.2, 0) is 25.7 Å². The Kier molecular flexibility index (Phi) is 20.1. The minimum atomic E-state index is -1.09. The molecular weight excluding hydrogens is 768 g/mol. The van der Waals surface area contributed by atoms with Gasteiger partial charge in [0.2, 0.25) is 0 Å². The van der Waals surface area contributed by atoms with Crippen LogP contribution in [0.3, 0.4) is 0 Å². The summed E-state index contributed by atoms with van der Waals surface area (Å²) in [5, 5.41) is 41.9. The van der Waals surface area contributed by atoms with Crippen molar-refractivity contribution in [1.29, 1.82) is 0 Å². The first kappa shape index (κ1) is 40.7. The average molecular weight is 804 g/mol. The zero-order valence-corrected chi connectivity index (χ0v) is 29.7. The Hall–Kier alpha value is -4.32. The van der Waals surface area contributed by atoms with Crippen molar-refractivity contribution in [3.63, 3.8) is 0 Å². The fourth-order valence-electron chi connectivity index (χ4n) is 4.11.